The molecule has 0 atom stereocenters. The molecule has 0 unspecified atom stereocenters. The van der Waals surface area contributed by atoms with Crippen LogP contribution in [0, 0.1) is 0 Å². The highest BCUT2D eigenvalue weighted by Gasteiger charge is 2.31. The quantitative estimate of drug-likeness (QED) is 0.822. The molecule has 0 N–H and O–H groups in total. The number of aromatic nitrogens is 3. The van der Waals surface area contributed by atoms with Crippen LogP contribution in [0.1, 0.15) is 16.6 Å². The van der Waals surface area contributed by atoms with Gasteiger partial charge < -0.3 is 9.64 Å². The van der Waals surface area contributed by atoms with Gasteiger partial charge in [-0.05, 0) is 6.07 Å². The predicted octanol–water partition coefficient (Wildman–Crippen LogP) is 1.47. The van der Waals surface area contributed by atoms with Crippen molar-refractivity contribution in [3.8, 4) is 0 Å². The highest BCUT2D eigenvalue weighted by molar-refractivity contribution is 7.15. The number of anilines is 1. The molecule has 18 heavy (non-hydrogen) atoms. The number of hydrogen-bond acceptors (Lipinski definition) is 5. The van der Waals surface area contributed by atoms with E-state index >= 15 is 0 Å². The Kier molecular flexibility index (Phi) is 2.38. The van der Waals surface area contributed by atoms with Gasteiger partial charge in [-0.3, -0.25) is 4.68 Å². The molecule has 2 aliphatic rings. The van der Waals surface area contributed by atoms with E-state index in [0.29, 0.717) is 6.04 Å². The van der Waals surface area contributed by atoms with Gasteiger partial charge >= 0.3 is 0 Å². The predicted molar refractivity (Wildman–Crippen MR) is 69.0 cm³/mol. The summed E-state index contributed by atoms with van der Waals surface area (Å²) in [5.41, 5.74) is 1.24. The molecule has 2 aromatic rings. The summed E-state index contributed by atoms with van der Waals surface area (Å²) in [7, 11) is 0. The zero-order chi connectivity index (χ0) is 11.9. The standard InChI is InChI=1S/C12H14N4OS/c1-3-13-16(4-1)9-6-15(7-9)12-14-10-2-5-17-8-11(10)18-12/h1,3-4,9H,2,5-8H2. The van der Waals surface area contributed by atoms with E-state index in [1.807, 2.05) is 23.1 Å². The van der Waals surface area contributed by atoms with Gasteiger partial charge in [0.2, 0.25) is 0 Å². The maximum Gasteiger partial charge on any atom is 0.186 e. The Morgan fingerprint density at radius 3 is 3.11 bits per heavy atom. The number of rotatable bonds is 2. The van der Waals surface area contributed by atoms with E-state index in [1.54, 1.807) is 11.3 Å². The minimum atomic E-state index is 0.497. The third-order valence-corrected chi connectivity index (χ3v) is 4.65. The Morgan fingerprint density at radius 1 is 1.39 bits per heavy atom. The first-order chi connectivity index (χ1) is 8.90. The lowest BCUT2D eigenvalue weighted by Crippen LogP contribution is -2.48. The number of thiazole rings is 1. The SMILES string of the molecule is c1cnn(C2CN(c3nc4c(s3)COCC4)C2)c1. The molecule has 0 aliphatic carbocycles. The molecule has 5 nitrogen and oxygen atoms in total. The largest absolute Gasteiger partial charge is 0.375 e. The lowest BCUT2D eigenvalue weighted by atomic mass is 10.1. The molecule has 0 saturated carbocycles. The second-order valence-corrected chi connectivity index (χ2v) is 5.78. The van der Waals surface area contributed by atoms with Gasteiger partial charge in [0.25, 0.3) is 0 Å². The van der Waals surface area contributed by atoms with Crippen LogP contribution in [0.3, 0.4) is 0 Å². The van der Waals surface area contributed by atoms with E-state index < -0.39 is 0 Å². The molecule has 1 saturated heterocycles. The van der Waals surface area contributed by atoms with E-state index in [1.165, 1.54) is 10.6 Å². The van der Waals surface area contributed by atoms with Crippen LogP contribution < -0.4 is 4.90 Å². The molecule has 2 aromatic heterocycles. The molecule has 0 aromatic carbocycles. The van der Waals surface area contributed by atoms with Crippen LogP contribution in [-0.2, 0) is 17.8 Å². The van der Waals surface area contributed by atoms with E-state index in [9.17, 15) is 0 Å². The summed E-state index contributed by atoms with van der Waals surface area (Å²) >= 11 is 1.78. The van der Waals surface area contributed by atoms with E-state index in [2.05, 4.69) is 10.00 Å². The molecular formula is C12H14N4OS. The lowest BCUT2D eigenvalue weighted by molar-refractivity contribution is 0.112. The molecule has 2 aliphatic heterocycles. The summed E-state index contributed by atoms with van der Waals surface area (Å²) in [5.74, 6) is 0. The molecule has 6 heteroatoms. The van der Waals surface area contributed by atoms with Gasteiger partial charge in [0.15, 0.2) is 5.13 Å². The van der Waals surface area contributed by atoms with Crippen molar-refractivity contribution in [1.29, 1.82) is 0 Å². The monoisotopic (exact) mass is 262 g/mol. The second-order valence-electron chi connectivity index (χ2n) is 4.71. The molecule has 1 fully saturated rings. The average molecular weight is 262 g/mol. The van der Waals surface area contributed by atoms with Crippen molar-refractivity contribution in [2.45, 2.75) is 19.1 Å². The zero-order valence-corrected chi connectivity index (χ0v) is 10.8. The Labute approximate surface area is 109 Å². The molecule has 0 spiro atoms. The summed E-state index contributed by atoms with van der Waals surface area (Å²) in [6, 6.07) is 2.47. The van der Waals surface area contributed by atoms with Crippen LogP contribution in [0.2, 0.25) is 0 Å². The fourth-order valence-electron chi connectivity index (χ4n) is 2.42. The average Bonchev–Trinajstić information content (AvgIpc) is 2.94. The summed E-state index contributed by atoms with van der Waals surface area (Å²) in [5, 5.41) is 5.43. The smallest absolute Gasteiger partial charge is 0.186 e. The van der Waals surface area contributed by atoms with Gasteiger partial charge in [-0.1, -0.05) is 11.3 Å². The Hall–Kier alpha value is -1.40. The molecular weight excluding hydrogens is 248 g/mol. The highest BCUT2D eigenvalue weighted by Crippen LogP contribution is 2.34. The van der Waals surface area contributed by atoms with E-state index in [4.69, 9.17) is 9.72 Å². The summed E-state index contributed by atoms with van der Waals surface area (Å²) in [6.45, 7) is 3.57. The first kappa shape index (κ1) is 10.5. The fraction of sp³-hybridized carbons (Fsp3) is 0.500. The van der Waals surface area contributed by atoms with E-state index in [-0.39, 0.29) is 0 Å². The zero-order valence-electron chi connectivity index (χ0n) is 9.95. The van der Waals surface area contributed by atoms with Crippen LogP contribution in [-0.4, -0.2) is 34.5 Å². The molecule has 0 bridgehead atoms. The summed E-state index contributed by atoms with van der Waals surface area (Å²) < 4.78 is 7.49. The third kappa shape index (κ3) is 1.64. The first-order valence-corrected chi connectivity index (χ1v) is 7.02. The number of hydrogen-bond donors (Lipinski definition) is 0. The molecule has 0 amide bonds. The maximum atomic E-state index is 5.46. The highest BCUT2D eigenvalue weighted by atomic mass is 32.1. The van der Waals surface area contributed by atoms with Crippen molar-refractivity contribution in [3.63, 3.8) is 0 Å². The molecule has 0 radical (unpaired) electrons. The minimum Gasteiger partial charge on any atom is -0.375 e. The van der Waals surface area contributed by atoms with Gasteiger partial charge in [0, 0.05) is 31.9 Å². The molecule has 94 valence electrons. The van der Waals surface area contributed by atoms with Crippen LogP contribution in [0.5, 0.6) is 0 Å². The minimum absolute atomic E-state index is 0.497. The van der Waals surface area contributed by atoms with Crippen molar-refractivity contribution in [2.75, 3.05) is 24.6 Å². The van der Waals surface area contributed by atoms with Crippen LogP contribution >= 0.6 is 11.3 Å². The van der Waals surface area contributed by atoms with Gasteiger partial charge in [0.1, 0.15) is 0 Å². The van der Waals surface area contributed by atoms with Crippen molar-refractivity contribution in [1.82, 2.24) is 14.8 Å². The topological polar surface area (TPSA) is 43.2 Å². The molecule has 4 rings (SSSR count). The number of ether oxygens (including phenoxy) is 1. The van der Waals surface area contributed by atoms with Gasteiger partial charge in [-0.2, -0.15) is 5.10 Å². The maximum absolute atomic E-state index is 5.46. The fourth-order valence-corrected chi connectivity index (χ4v) is 3.48. The summed E-state index contributed by atoms with van der Waals surface area (Å²) in [4.78, 5) is 8.36. The van der Waals surface area contributed by atoms with Crippen LogP contribution in [0.15, 0.2) is 18.5 Å². The number of nitrogens with zero attached hydrogens (tertiary/aromatic N) is 4. The summed E-state index contributed by atoms with van der Waals surface area (Å²) in [6.07, 6.45) is 4.83. The van der Waals surface area contributed by atoms with Crippen molar-refractivity contribution < 1.29 is 4.74 Å². The molecule has 4 heterocycles. The Balaban J connectivity index is 1.48. The van der Waals surface area contributed by atoms with Crippen LogP contribution in [0.25, 0.3) is 0 Å². The normalized spacial score (nSPS) is 19.7. The Morgan fingerprint density at radius 2 is 2.33 bits per heavy atom. The van der Waals surface area contributed by atoms with Crippen LogP contribution in [0.4, 0.5) is 5.13 Å². The second kappa shape index (κ2) is 4.07. The van der Waals surface area contributed by atoms with Gasteiger partial charge in [0.05, 0.1) is 29.8 Å². The Bertz CT molecular complexity index is 521. The van der Waals surface area contributed by atoms with Crippen molar-refractivity contribution in [3.05, 3.63) is 29.0 Å². The first-order valence-electron chi connectivity index (χ1n) is 6.20. The lowest BCUT2D eigenvalue weighted by Gasteiger charge is -2.38. The van der Waals surface area contributed by atoms with Gasteiger partial charge in [-0.15, -0.1) is 0 Å². The third-order valence-electron chi connectivity index (χ3n) is 3.52. The van der Waals surface area contributed by atoms with Gasteiger partial charge in [-0.25, -0.2) is 4.98 Å². The van der Waals surface area contributed by atoms with Crippen molar-refractivity contribution >= 4 is 16.5 Å². The van der Waals surface area contributed by atoms with Crippen molar-refractivity contribution in [2.24, 2.45) is 0 Å². The van der Waals surface area contributed by atoms with E-state index in [0.717, 1.165) is 37.9 Å². The number of fused-ring (bicyclic) bond motifs is 1.